The van der Waals surface area contributed by atoms with E-state index in [9.17, 15) is 4.39 Å². The zero-order valence-electron chi connectivity index (χ0n) is 10.7. The molecule has 0 atom stereocenters. The molecule has 0 amide bonds. The first-order valence-electron chi connectivity index (χ1n) is 5.65. The lowest BCUT2D eigenvalue weighted by molar-refractivity contribution is 0.386. The Morgan fingerprint density at radius 3 is 2.72 bits per heavy atom. The lowest BCUT2D eigenvalue weighted by atomic mass is 10.0. The van der Waals surface area contributed by atoms with Gasteiger partial charge in [-0.15, -0.1) is 0 Å². The molecule has 0 saturated carbocycles. The van der Waals surface area contributed by atoms with Crippen LogP contribution in [0.4, 0.5) is 4.39 Å². The maximum Gasteiger partial charge on any atom is 0.165 e. The van der Waals surface area contributed by atoms with Gasteiger partial charge in [0, 0.05) is 24.8 Å². The minimum Gasteiger partial charge on any atom is -0.494 e. The van der Waals surface area contributed by atoms with Crippen molar-refractivity contribution in [1.82, 2.24) is 9.78 Å². The lowest BCUT2D eigenvalue weighted by Gasteiger charge is -2.06. The van der Waals surface area contributed by atoms with Gasteiger partial charge in [0.1, 0.15) is 0 Å². The van der Waals surface area contributed by atoms with Crippen molar-refractivity contribution >= 4 is 0 Å². The highest BCUT2D eigenvalue weighted by atomic mass is 19.1. The molecule has 5 heteroatoms. The summed E-state index contributed by atoms with van der Waals surface area (Å²) in [6.45, 7) is 2.26. The van der Waals surface area contributed by atoms with Gasteiger partial charge in [-0.25, -0.2) is 4.39 Å². The topological polar surface area (TPSA) is 53.1 Å². The number of aryl methyl sites for hydroxylation is 1. The van der Waals surface area contributed by atoms with Crippen molar-refractivity contribution in [3.63, 3.8) is 0 Å². The number of nitrogens with two attached hydrogens (primary N) is 1. The lowest BCUT2D eigenvalue weighted by Crippen LogP contribution is -2.00. The molecule has 4 nitrogen and oxygen atoms in total. The van der Waals surface area contributed by atoms with Crippen LogP contribution in [0.3, 0.4) is 0 Å². The third-order valence-electron chi connectivity index (χ3n) is 3.04. The third kappa shape index (κ3) is 1.97. The van der Waals surface area contributed by atoms with E-state index in [2.05, 4.69) is 5.10 Å². The summed E-state index contributed by atoms with van der Waals surface area (Å²) in [5.41, 5.74) is 9.05. The fraction of sp³-hybridized carbons (Fsp3) is 0.308. The quantitative estimate of drug-likeness (QED) is 0.905. The Hall–Kier alpha value is -1.88. The second-order valence-corrected chi connectivity index (χ2v) is 4.08. The molecule has 2 aromatic rings. The van der Waals surface area contributed by atoms with E-state index < -0.39 is 0 Å². The SMILES string of the molecule is COc1ccc(-c2c(CN)nn(C)c2C)cc1F. The molecule has 0 spiro atoms. The highest BCUT2D eigenvalue weighted by Gasteiger charge is 2.15. The third-order valence-corrected chi connectivity index (χ3v) is 3.04. The summed E-state index contributed by atoms with van der Waals surface area (Å²) in [6, 6.07) is 4.87. The van der Waals surface area contributed by atoms with Gasteiger partial charge in [-0.3, -0.25) is 4.68 Å². The van der Waals surface area contributed by atoms with Crippen LogP contribution in [0.15, 0.2) is 18.2 Å². The summed E-state index contributed by atoms with van der Waals surface area (Å²) >= 11 is 0. The summed E-state index contributed by atoms with van der Waals surface area (Å²) in [7, 11) is 3.29. The number of rotatable bonds is 3. The molecule has 0 aliphatic rings. The second kappa shape index (κ2) is 4.78. The number of benzene rings is 1. The van der Waals surface area contributed by atoms with Gasteiger partial charge < -0.3 is 10.5 Å². The average molecular weight is 249 g/mol. The molecule has 0 aliphatic carbocycles. The smallest absolute Gasteiger partial charge is 0.165 e. The van der Waals surface area contributed by atoms with Crippen LogP contribution in [0.1, 0.15) is 11.4 Å². The molecule has 0 bridgehead atoms. The molecule has 0 fully saturated rings. The van der Waals surface area contributed by atoms with Crippen LogP contribution in [0, 0.1) is 12.7 Å². The molecule has 2 rings (SSSR count). The highest BCUT2D eigenvalue weighted by molar-refractivity contribution is 5.69. The number of halogens is 1. The molecule has 0 unspecified atom stereocenters. The molecule has 0 aliphatic heterocycles. The maximum atomic E-state index is 13.7. The number of hydrogen-bond acceptors (Lipinski definition) is 3. The summed E-state index contributed by atoms with van der Waals surface area (Å²) in [5.74, 6) is -0.157. The van der Waals surface area contributed by atoms with Crippen LogP contribution in [-0.4, -0.2) is 16.9 Å². The minimum absolute atomic E-state index is 0.231. The van der Waals surface area contributed by atoms with Crippen molar-refractivity contribution in [2.75, 3.05) is 7.11 Å². The van der Waals surface area contributed by atoms with Crippen LogP contribution in [0.25, 0.3) is 11.1 Å². The first kappa shape index (κ1) is 12.6. The number of nitrogens with zero attached hydrogens (tertiary/aromatic N) is 2. The number of ether oxygens (including phenoxy) is 1. The number of methoxy groups -OCH3 is 1. The van der Waals surface area contributed by atoms with Crippen molar-refractivity contribution in [1.29, 1.82) is 0 Å². The zero-order valence-corrected chi connectivity index (χ0v) is 10.7. The van der Waals surface area contributed by atoms with Crippen molar-refractivity contribution in [3.8, 4) is 16.9 Å². The van der Waals surface area contributed by atoms with E-state index in [0.717, 1.165) is 22.5 Å². The summed E-state index contributed by atoms with van der Waals surface area (Å²) in [6.07, 6.45) is 0. The van der Waals surface area contributed by atoms with Crippen molar-refractivity contribution in [2.45, 2.75) is 13.5 Å². The van der Waals surface area contributed by atoms with Crippen LogP contribution in [-0.2, 0) is 13.6 Å². The van der Waals surface area contributed by atoms with E-state index in [1.165, 1.54) is 13.2 Å². The molecule has 1 aromatic carbocycles. The van der Waals surface area contributed by atoms with E-state index in [1.807, 2.05) is 20.0 Å². The summed E-state index contributed by atoms with van der Waals surface area (Å²) in [5, 5.41) is 4.32. The van der Waals surface area contributed by atoms with Gasteiger partial charge >= 0.3 is 0 Å². The predicted octanol–water partition coefficient (Wildman–Crippen LogP) is 2.00. The first-order valence-corrected chi connectivity index (χ1v) is 5.65. The molecule has 1 aromatic heterocycles. The van der Waals surface area contributed by atoms with Gasteiger partial charge in [0.05, 0.1) is 12.8 Å². The Bertz CT molecular complexity index is 578. The fourth-order valence-corrected chi connectivity index (χ4v) is 2.02. The molecule has 1 heterocycles. The second-order valence-electron chi connectivity index (χ2n) is 4.08. The molecule has 96 valence electrons. The monoisotopic (exact) mass is 249 g/mol. The molecular weight excluding hydrogens is 233 g/mol. The van der Waals surface area contributed by atoms with Gasteiger partial charge in [-0.1, -0.05) is 6.07 Å². The van der Waals surface area contributed by atoms with Crippen molar-refractivity contribution in [3.05, 3.63) is 35.4 Å². The minimum atomic E-state index is -0.388. The number of hydrogen-bond donors (Lipinski definition) is 1. The molecule has 2 N–H and O–H groups in total. The molecule has 18 heavy (non-hydrogen) atoms. The Morgan fingerprint density at radius 1 is 1.44 bits per heavy atom. The van der Waals surface area contributed by atoms with Crippen LogP contribution in [0.5, 0.6) is 5.75 Å². The van der Waals surface area contributed by atoms with Crippen LogP contribution < -0.4 is 10.5 Å². The molecule has 0 saturated heterocycles. The van der Waals surface area contributed by atoms with Crippen LogP contribution >= 0.6 is 0 Å². The fourth-order valence-electron chi connectivity index (χ4n) is 2.02. The molecule has 0 radical (unpaired) electrons. The standard InChI is InChI=1S/C13H16FN3O/c1-8-13(11(7-15)16-17(8)2)9-4-5-12(18-3)10(14)6-9/h4-6H,7,15H2,1-3H3. The Morgan fingerprint density at radius 2 is 2.17 bits per heavy atom. The van der Waals surface area contributed by atoms with Gasteiger partial charge in [-0.2, -0.15) is 5.10 Å². The highest BCUT2D eigenvalue weighted by Crippen LogP contribution is 2.30. The zero-order chi connectivity index (χ0) is 13.3. The van der Waals surface area contributed by atoms with Crippen LogP contribution in [0.2, 0.25) is 0 Å². The average Bonchev–Trinajstić information content (AvgIpc) is 2.65. The first-order chi connectivity index (χ1) is 8.58. The normalized spacial score (nSPS) is 10.7. The van der Waals surface area contributed by atoms with E-state index in [1.54, 1.807) is 10.7 Å². The molecular formula is C13H16FN3O. The van der Waals surface area contributed by atoms with E-state index in [0.29, 0.717) is 6.54 Å². The Labute approximate surface area is 105 Å². The van der Waals surface area contributed by atoms with Crippen molar-refractivity contribution < 1.29 is 9.13 Å². The Kier molecular flexibility index (Phi) is 3.34. The maximum absolute atomic E-state index is 13.7. The largest absolute Gasteiger partial charge is 0.494 e. The van der Waals surface area contributed by atoms with Gasteiger partial charge in [0.2, 0.25) is 0 Å². The van der Waals surface area contributed by atoms with E-state index in [4.69, 9.17) is 10.5 Å². The summed E-state index contributed by atoms with van der Waals surface area (Å²) < 4.78 is 20.4. The summed E-state index contributed by atoms with van der Waals surface area (Å²) in [4.78, 5) is 0. The number of aromatic nitrogens is 2. The van der Waals surface area contributed by atoms with E-state index in [-0.39, 0.29) is 11.6 Å². The van der Waals surface area contributed by atoms with E-state index >= 15 is 0 Å². The van der Waals surface area contributed by atoms with Gasteiger partial charge in [0.15, 0.2) is 11.6 Å². The van der Waals surface area contributed by atoms with Crippen molar-refractivity contribution in [2.24, 2.45) is 12.8 Å². The van der Waals surface area contributed by atoms with Gasteiger partial charge in [0.25, 0.3) is 0 Å². The Balaban J connectivity index is 2.58. The predicted molar refractivity (Wildman–Crippen MR) is 67.8 cm³/mol. The van der Waals surface area contributed by atoms with Gasteiger partial charge in [-0.05, 0) is 24.6 Å².